The van der Waals surface area contributed by atoms with E-state index in [1.807, 2.05) is 0 Å². The molecule has 0 saturated carbocycles. The highest BCUT2D eigenvalue weighted by Crippen LogP contribution is 2.31. The Balaban J connectivity index is 1.71. The summed E-state index contributed by atoms with van der Waals surface area (Å²) < 4.78 is 5.10. The first-order valence-electron chi connectivity index (χ1n) is 6.23. The molecule has 1 fully saturated rings. The minimum atomic E-state index is 0.258. The Kier molecular flexibility index (Phi) is 2.14. The zero-order valence-corrected chi connectivity index (χ0v) is 9.93. The van der Waals surface area contributed by atoms with Crippen LogP contribution in [-0.4, -0.2) is 25.0 Å². The lowest BCUT2D eigenvalue weighted by Gasteiger charge is -2.01. The maximum atomic E-state index is 5.37. The van der Waals surface area contributed by atoms with E-state index in [-0.39, 0.29) is 6.10 Å². The average molecular weight is 239 g/mol. The van der Waals surface area contributed by atoms with Gasteiger partial charge in [-0.2, -0.15) is 0 Å². The van der Waals surface area contributed by atoms with Gasteiger partial charge in [0.25, 0.3) is 0 Å². The van der Waals surface area contributed by atoms with Crippen LogP contribution in [0.1, 0.15) is 11.1 Å². The molecule has 1 heterocycles. The predicted molar refractivity (Wildman–Crippen MR) is 69.9 cm³/mol. The summed E-state index contributed by atoms with van der Waals surface area (Å²) in [5.41, 5.74) is 3.58. The lowest BCUT2D eigenvalue weighted by atomic mass is 10.1. The van der Waals surface area contributed by atoms with E-state index in [2.05, 4.69) is 41.6 Å². The number of benzene rings is 2. The lowest BCUT2D eigenvalue weighted by Crippen LogP contribution is -2.02. The second-order valence-electron chi connectivity index (χ2n) is 4.79. The highest BCUT2D eigenvalue weighted by Gasteiger charge is 2.24. The first-order chi connectivity index (χ1) is 8.92. The van der Waals surface area contributed by atoms with Gasteiger partial charge in [-0.15, -0.1) is 0 Å². The van der Waals surface area contributed by atoms with Crippen LogP contribution < -0.4 is 0 Å². The van der Waals surface area contributed by atoms with Crippen LogP contribution in [0.4, 0.5) is 0 Å². The van der Waals surface area contributed by atoms with E-state index in [0.29, 0.717) is 6.61 Å². The summed E-state index contributed by atoms with van der Waals surface area (Å²) in [4.78, 5) is 5.37. The quantitative estimate of drug-likeness (QED) is 0.609. The Morgan fingerprint density at radius 1 is 1.22 bits per heavy atom. The molecule has 0 amide bonds. The second-order valence-corrected chi connectivity index (χ2v) is 4.79. The molecule has 2 aliphatic rings. The molecule has 0 radical (unpaired) electrons. The topological polar surface area (TPSA) is 34.1 Å². The minimum Gasteiger partial charge on any atom is -0.393 e. The van der Waals surface area contributed by atoms with Gasteiger partial charge in [-0.1, -0.05) is 41.6 Å². The van der Waals surface area contributed by atoms with Gasteiger partial charge < -0.3 is 9.57 Å². The molecule has 3 nitrogen and oxygen atoms in total. The Morgan fingerprint density at radius 3 is 2.89 bits per heavy atom. The highest BCUT2D eigenvalue weighted by molar-refractivity contribution is 6.17. The van der Waals surface area contributed by atoms with Crippen LogP contribution in [0, 0.1) is 0 Å². The first-order valence-corrected chi connectivity index (χ1v) is 6.23. The van der Waals surface area contributed by atoms with Gasteiger partial charge in [-0.05, 0) is 16.3 Å². The Labute approximate surface area is 105 Å². The normalized spacial score (nSPS) is 22.7. The Bertz CT molecular complexity index is 639. The van der Waals surface area contributed by atoms with Crippen molar-refractivity contribution in [1.29, 1.82) is 0 Å². The fourth-order valence-electron chi connectivity index (χ4n) is 2.53. The smallest absolute Gasteiger partial charge is 0.145 e. The van der Waals surface area contributed by atoms with Gasteiger partial charge in [0.15, 0.2) is 0 Å². The van der Waals surface area contributed by atoms with Crippen molar-refractivity contribution in [1.82, 2.24) is 0 Å². The number of nitrogens with zero attached hydrogens (tertiary/aromatic N) is 1. The molecular weight excluding hydrogens is 226 g/mol. The number of epoxide rings is 1. The van der Waals surface area contributed by atoms with Crippen LogP contribution in [0.25, 0.3) is 10.8 Å². The van der Waals surface area contributed by atoms with Gasteiger partial charge in [0, 0.05) is 12.0 Å². The van der Waals surface area contributed by atoms with Crippen molar-refractivity contribution >= 4 is 16.5 Å². The van der Waals surface area contributed by atoms with Crippen LogP contribution in [0.2, 0.25) is 0 Å². The molecule has 0 bridgehead atoms. The third-order valence-corrected chi connectivity index (χ3v) is 3.50. The SMILES string of the molecule is c1cc2c3c(cccc3c1)/C(=N\OC[C@H]1CO1)C2. The van der Waals surface area contributed by atoms with Gasteiger partial charge in [0.1, 0.15) is 12.7 Å². The Morgan fingerprint density at radius 2 is 2.06 bits per heavy atom. The molecule has 2 aromatic rings. The standard InChI is InChI=1S/C15H13NO2/c1-3-10-4-2-6-13-14(7-11(5-1)15(10)13)16-18-9-12-8-17-12/h1-6,12H,7-9H2/b16-14-/t12-/m1/s1. The number of hydrogen-bond acceptors (Lipinski definition) is 3. The number of ether oxygens (including phenoxy) is 1. The zero-order chi connectivity index (χ0) is 11.9. The minimum absolute atomic E-state index is 0.258. The molecule has 2 aromatic carbocycles. The summed E-state index contributed by atoms with van der Waals surface area (Å²) in [6.07, 6.45) is 1.12. The highest BCUT2D eigenvalue weighted by atomic mass is 16.7. The van der Waals surface area contributed by atoms with E-state index in [9.17, 15) is 0 Å². The summed E-state index contributed by atoms with van der Waals surface area (Å²) in [5.74, 6) is 0. The molecule has 0 spiro atoms. The van der Waals surface area contributed by atoms with E-state index in [1.54, 1.807) is 0 Å². The summed E-state index contributed by atoms with van der Waals surface area (Å²) in [5, 5.41) is 6.88. The maximum absolute atomic E-state index is 5.37. The molecule has 1 aliphatic heterocycles. The summed E-state index contributed by atoms with van der Waals surface area (Å²) in [6.45, 7) is 1.37. The molecule has 0 aromatic heterocycles. The molecule has 4 rings (SSSR count). The largest absolute Gasteiger partial charge is 0.393 e. The van der Waals surface area contributed by atoms with Crippen molar-refractivity contribution in [3.05, 3.63) is 47.5 Å². The van der Waals surface area contributed by atoms with E-state index in [0.717, 1.165) is 18.7 Å². The summed E-state index contributed by atoms with van der Waals surface area (Å²) >= 11 is 0. The van der Waals surface area contributed by atoms with Crippen molar-refractivity contribution in [2.24, 2.45) is 5.16 Å². The average Bonchev–Trinajstić information content (AvgIpc) is 3.15. The van der Waals surface area contributed by atoms with Gasteiger partial charge in [0.05, 0.1) is 12.3 Å². The first kappa shape index (κ1) is 10.1. The van der Waals surface area contributed by atoms with Crippen LogP contribution >= 0.6 is 0 Å². The van der Waals surface area contributed by atoms with Crippen molar-refractivity contribution in [2.45, 2.75) is 12.5 Å². The number of oxime groups is 1. The molecule has 90 valence electrons. The van der Waals surface area contributed by atoms with Gasteiger partial charge in [-0.25, -0.2) is 0 Å². The third kappa shape index (κ3) is 1.59. The van der Waals surface area contributed by atoms with Gasteiger partial charge >= 0.3 is 0 Å². The third-order valence-electron chi connectivity index (χ3n) is 3.50. The summed E-state index contributed by atoms with van der Waals surface area (Å²) in [7, 11) is 0. The van der Waals surface area contributed by atoms with E-state index < -0.39 is 0 Å². The van der Waals surface area contributed by atoms with E-state index in [1.165, 1.54) is 21.9 Å². The molecule has 0 unspecified atom stereocenters. The second kappa shape index (κ2) is 3.82. The van der Waals surface area contributed by atoms with Crippen molar-refractivity contribution in [3.63, 3.8) is 0 Å². The molecule has 3 heteroatoms. The molecule has 1 atom stereocenters. The number of hydrogen-bond donors (Lipinski definition) is 0. The predicted octanol–water partition coefficient (Wildman–Crippen LogP) is 2.52. The van der Waals surface area contributed by atoms with Crippen molar-refractivity contribution < 1.29 is 9.57 Å². The monoisotopic (exact) mass is 239 g/mol. The lowest BCUT2D eigenvalue weighted by molar-refractivity contribution is 0.125. The van der Waals surface area contributed by atoms with Crippen LogP contribution in [0.5, 0.6) is 0 Å². The van der Waals surface area contributed by atoms with Crippen LogP contribution in [0.15, 0.2) is 41.6 Å². The summed E-state index contributed by atoms with van der Waals surface area (Å²) in [6, 6.07) is 12.7. The van der Waals surface area contributed by atoms with Gasteiger partial charge in [0.2, 0.25) is 0 Å². The fourth-order valence-corrected chi connectivity index (χ4v) is 2.53. The molecule has 1 aliphatic carbocycles. The Hall–Kier alpha value is -1.87. The van der Waals surface area contributed by atoms with Crippen LogP contribution in [0.3, 0.4) is 0 Å². The number of rotatable bonds is 3. The molecular formula is C15H13NO2. The van der Waals surface area contributed by atoms with E-state index >= 15 is 0 Å². The molecule has 18 heavy (non-hydrogen) atoms. The molecule has 1 saturated heterocycles. The zero-order valence-electron chi connectivity index (χ0n) is 9.93. The van der Waals surface area contributed by atoms with E-state index in [4.69, 9.17) is 9.57 Å². The van der Waals surface area contributed by atoms with Gasteiger partial charge in [-0.3, -0.25) is 0 Å². The maximum Gasteiger partial charge on any atom is 0.145 e. The molecule has 0 N–H and O–H groups in total. The van der Waals surface area contributed by atoms with Crippen LogP contribution in [-0.2, 0) is 16.0 Å². The fraction of sp³-hybridized carbons (Fsp3) is 0.267. The van der Waals surface area contributed by atoms with Crippen molar-refractivity contribution in [3.8, 4) is 0 Å². The van der Waals surface area contributed by atoms with Crippen molar-refractivity contribution in [2.75, 3.05) is 13.2 Å².